The van der Waals surface area contributed by atoms with Gasteiger partial charge in [-0.2, -0.15) is 5.10 Å². The van der Waals surface area contributed by atoms with Gasteiger partial charge in [-0.25, -0.2) is 4.79 Å². The first-order valence-corrected chi connectivity index (χ1v) is 10.8. The summed E-state index contributed by atoms with van der Waals surface area (Å²) in [7, 11) is 0. The number of rotatable bonds is 5. The summed E-state index contributed by atoms with van der Waals surface area (Å²) in [4.78, 5) is 14.7. The molecule has 1 aromatic rings. The molecule has 5 rings (SSSR count). The van der Waals surface area contributed by atoms with Gasteiger partial charge in [-0.3, -0.25) is 4.68 Å². The largest absolute Gasteiger partial charge is 0.376 e. The number of hydrogen-bond acceptors (Lipinski definition) is 3. The number of ether oxygens (including phenoxy) is 1. The third-order valence-corrected chi connectivity index (χ3v) is 7.12. The second-order valence-electron chi connectivity index (χ2n) is 9.35. The van der Waals surface area contributed by atoms with Gasteiger partial charge in [0.15, 0.2) is 0 Å². The first kappa shape index (κ1) is 17.5. The zero-order valence-electron chi connectivity index (χ0n) is 16.3. The van der Waals surface area contributed by atoms with Crippen molar-refractivity contribution in [3.63, 3.8) is 0 Å². The molecule has 4 atom stereocenters. The van der Waals surface area contributed by atoms with Gasteiger partial charge < -0.3 is 15.0 Å². The zero-order chi connectivity index (χ0) is 18.4. The number of nitrogens with zero attached hydrogens (tertiary/aromatic N) is 3. The van der Waals surface area contributed by atoms with Gasteiger partial charge in [0.25, 0.3) is 0 Å². The summed E-state index contributed by atoms with van der Waals surface area (Å²) in [5.41, 5.74) is 1.20. The number of hydrogen-bond donors (Lipinski definition) is 1. The molecular weight excluding hydrogens is 340 g/mol. The molecule has 1 saturated heterocycles. The minimum Gasteiger partial charge on any atom is -0.376 e. The quantitative estimate of drug-likeness (QED) is 0.864. The highest BCUT2D eigenvalue weighted by atomic mass is 16.5. The van der Waals surface area contributed by atoms with Crippen molar-refractivity contribution in [1.82, 2.24) is 20.0 Å². The molecule has 0 unspecified atom stereocenters. The lowest BCUT2D eigenvalue weighted by Gasteiger charge is -2.37. The third kappa shape index (κ3) is 3.73. The Morgan fingerprint density at radius 1 is 1.22 bits per heavy atom. The van der Waals surface area contributed by atoms with Crippen LogP contribution < -0.4 is 5.32 Å². The van der Waals surface area contributed by atoms with Crippen LogP contribution in [0.4, 0.5) is 4.79 Å². The molecule has 3 aliphatic carbocycles. The van der Waals surface area contributed by atoms with Crippen molar-refractivity contribution in [2.45, 2.75) is 70.1 Å². The van der Waals surface area contributed by atoms with Gasteiger partial charge in [0.2, 0.25) is 0 Å². The van der Waals surface area contributed by atoms with Crippen LogP contribution in [-0.4, -0.2) is 52.6 Å². The van der Waals surface area contributed by atoms with Crippen LogP contribution >= 0.6 is 0 Å². The number of urea groups is 1. The molecular formula is C21H32N4O2. The van der Waals surface area contributed by atoms with Crippen molar-refractivity contribution in [3.8, 4) is 0 Å². The predicted molar refractivity (Wildman–Crippen MR) is 102 cm³/mol. The summed E-state index contributed by atoms with van der Waals surface area (Å²) in [6.07, 6.45) is 12.6. The lowest BCUT2D eigenvalue weighted by molar-refractivity contribution is -0.0371. The minimum absolute atomic E-state index is 0.149. The highest BCUT2D eigenvalue weighted by molar-refractivity contribution is 5.75. The molecule has 4 fully saturated rings. The van der Waals surface area contributed by atoms with Crippen molar-refractivity contribution in [2.24, 2.45) is 17.8 Å². The SMILES string of the molecule is Cc1cnn([C@H]2C[C@H]3CN(C(=O)NC4CCC4)C[C@H]3C[C@@H]2OCC2CC2)c1. The summed E-state index contributed by atoms with van der Waals surface area (Å²) in [6.45, 7) is 4.76. The number of aromatic nitrogens is 2. The fourth-order valence-corrected chi connectivity index (χ4v) is 4.99. The first-order chi connectivity index (χ1) is 13.2. The smallest absolute Gasteiger partial charge is 0.317 e. The topological polar surface area (TPSA) is 59.4 Å². The van der Waals surface area contributed by atoms with Crippen molar-refractivity contribution in [3.05, 3.63) is 18.0 Å². The monoisotopic (exact) mass is 372 g/mol. The molecule has 2 amide bonds. The van der Waals surface area contributed by atoms with Gasteiger partial charge >= 0.3 is 6.03 Å². The Hall–Kier alpha value is -1.56. The van der Waals surface area contributed by atoms with E-state index in [0.717, 1.165) is 51.3 Å². The van der Waals surface area contributed by atoms with Crippen LogP contribution in [0.15, 0.2) is 12.4 Å². The maximum atomic E-state index is 12.6. The average molecular weight is 373 g/mol. The molecule has 6 heteroatoms. The van der Waals surface area contributed by atoms with E-state index >= 15 is 0 Å². The summed E-state index contributed by atoms with van der Waals surface area (Å²) >= 11 is 0. The predicted octanol–water partition coefficient (Wildman–Crippen LogP) is 3.13. The lowest BCUT2D eigenvalue weighted by atomic mass is 9.77. The van der Waals surface area contributed by atoms with E-state index in [9.17, 15) is 4.79 Å². The number of likely N-dealkylation sites (tertiary alicyclic amines) is 1. The maximum absolute atomic E-state index is 12.6. The van der Waals surface area contributed by atoms with Crippen LogP contribution in [0.2, 0.25) is 0 Å². The van der Waals surface area contributed by atoms with Crippen LogP contribution in [0.3, 0.4) is 0 Å². The molecule has 0 radical (unpaired) electrons. The zero-order valence-corrected chi connectivity index (χ0v) is 16.3. The number of fused-ring (bicyclic) bond motifs is 1. The van der Waals surface area contributed by atoms with E-state index in [-0.39, 0.29) is 12.1 Å². The normalized spacial score (nSPS) is 33.6. The average Bonchev–Trinajstić information content (AvgIpc) is 3.20. The summed E-state index contributed by atoms with van der Waals surface area (Å²) in [5, 5.41) is 7.81. The summed E-state index contributed by atoms with van der Waals surface area (Å²) in [6, 6.07) is 0.860. The van der Waals surface area contributed by atoms with E-state index < -0.39 is 0 Å². The number of carbonyl (C=O) groups excluding carboxylic acids is 1. The second-order valence-corrected chi connectivity index (χ2v) is 9.35. The minimum atomic E-state index is 0.149. The Bertz CT molecular complexity index is 681. The van der Waals surface area contributed by atoms with E-state index in [1.165, 1.54) is 24.8 Å². The van der Waals surface area contributed by atoms with Gasteiger partial charge in [-0.15, -0.1) is 0 Å². The Kier molecular flexibility index (Phi) is 4.62. The Balaban J connectivity index is 1.26. The van der Waals surface area contributed by atoms with Gasteiger partial charge in [0.1, 0.15) is 0 Å². The van der Waals surface area contributed by atoms with E-state index in [4.69, 9.17) is 4.74 Å². The number of amides is 2. The van der Waals surface area contributed by atoms with Crippen molar-refractivity contribution >= 4 is 6.03 Å². The molecule has 1 N–H and O–H groups in total. The van der Waals surface area contributed by atoms with Crippen LogP contribution in [0, 0.1) is 24.7 Å². The highest BCUT2D eigenvalue weighted by Gasteiger charge is 2.45. The fourth-order valence-electron chi connectivity index (χ4n) is 4.99. The van der Waals surface area contributed by atoms with Crippen LogP contribution in [-0.2, 0) is 4.74 Å². The molecule has 1 aliphatic heterocycles. The van der Waals surface area contributed by atoms with Crippen LogP contribution in [0.1, 0.15) is 56.6 Å². The van der Waals surface area contributed by atoms with Gasteiger partial charge in [-0.05, 0) is 75.2 Å². The first-order valence-electron chi connectivity index (χ1n) is 10.8. The second kappa shape index (κ2) is 7.12. The molecule has 0 bridgehead atoms. The molecule has 4 aliphatic rings. The Labute approximate surface area is 161 Å². The van der Waals surface area contributed by atoms with Gasteiger partial charge in [-0.1, -0.05) is 0 Å². The summed E-state index contributed by atoms with van der Waals surface area (Å²) in [5.74, 6) is 1.90. The molecule has 27 heavy (non-hydrogen) atoms. The fraction of sp³-hybridized carbons (Fsp3) is 0.810. The molecule has 3 saturated carbocycles. The Morgan fingerprint density at radius 3 is 2.63 bits per heavy atom. The van der Waals surface area contributed by atoms with Gasteiger partial charge in [0.05, 0.1) is 18.3 Å². The van der Waals surface area contributed by atoms with E-state index in [0.29, 0.717) is 23.9 Å². The van der Waals surface area contributed by atoms with Crippen molar-refractivity contribution in [2.75, 3.05) is 19.7 Å². The van der Waals surface area contributed by atoms with Crippen molar-refractivity contribution in [1.29, 1.82) is 0 Å². The van der Waals surface area contributed by atoms with E-state index in [1.807, 2.05) is 6.20 Å². The molecule has 0 aromatic carbocycles. The molecule has 0 spiro atoms. The lowest BCUT2D eigenvalue weighted by Crippen LogP contribution is -2.46. The maximum Gasteiger partial charge on any atom is 0.317 e. The molecule has 2 heterocycles. The number of carbonyl (C=O) groups is 1. The number of nitrogens with one attached hydrogen (secondary N) is 1. The summed E-state index contributed by atoms with van der Waals surface area (Å²) < 4.78 is 8.52. The molecule has 148 valence electrons. The van der Waals surface area contributed by atoms with Gasteiger partial charge in [0, 0.05) is 31.9 Å². The van der Waals surface area contributed by atoms with Crippen LogP contribution in [0.5, 0.6) is 0 Å². The number of aryl methyl sites for hydroxylation is 1. The Morgan fingerprint density at radius 2 is 2.00 bits per heavy atom. The molecule has 1 aromatic heterocycles. The van der Waals surface area contributed by atoms with Crippen molar-refractivity contribution < 1.29 is 9.53 Å². The highest BCUT2D eigenvalue weighted by Crippen LogP contribution is 2.43. The standard InChI is InChI=1S/C21H32N4O2/c1-14-9-22-25(10-14)19-7-16-11-24(21(26)23-18-3-2-4-18)12-17(16)8-20(19)27-13-15-5-6-15/h9-10,15-20H,2-8,11-13H2,1H3,(H,23,26)/t16-,17+,19-,20-/m0/s1. The van der Waals surface area contributed by atoms with Crippen LogP contribution in [0.25, 0.3) is 0 Å². The van der Waals surface area contributed by atoms with E-state index in [2.05, 4.69) is 33.1 Å². The third-order valence-electron chi connectivity index (χ3n) is 7.12. The van der Waals surface area contributed by atoms with E-state index in [1.54, 1.807) is 0 Å². The molecule has 6 nitrogen and oxygen atoms in total.